The smallest absolute Gasteiger partial charge is 0.328 e. The number of carbonyl (C=O) groups is 4. The summed E-state index contributed by atoms with van der Waals surface area (Å²) in [4.78, 5) is 59.1. The standard InChI is InChI=1S/C36H41N5O6/c1-36(2,3)35(45)39-28(22-47-21-24-12-7-5-8-13-24)32(42)38-26-17-18-29-27(20-26)37-23-41(29)31(25-14-9-6-10-15-25)33(43)40-19-11-16-30(40)34(44)46-4/h5-10,12-15,17-18,20,23,28,30-31H,11,16,19,21-22H2,1-4H3,(H,38,42)(H,39,45). The van der Waals surface area contributed by atoms with Crippen molar-refractivity contribution in [3.8, 4) is 0 Å². The molecule has 3 unspecified atom stereocenters. The lowest BCUT2D eigenvalue weighted by Crippen LogP contribution is -2.50. The molecule has 3 amide bonds. The fourth-order valence-corrected chi connectivity index (χ4v) is 5.60. The molecule has 1 fully saturated rings. The van der Waals surface area contributed by atoms with Crippen molar-refractivity contribution in [3.05, 3.63) is 96.3 Å². The quantitative estimate of drug-likeness (QED) is 0.232. The van der Waals surface area contributed by atoms with Crippen molar-refractivity contribution in [3.63, 3.8) is 0 Å². The van der Waals surface area contributed by atoms with Crippen LogP contribution >= 0.6 is 0 Å². The van der Waals surface area contributed by atoms with Crippen LogP contribution in [0, 0.1) is 5.41 Å². The predicted molar refractivity (Wildman–Crippen MR) is 177 cm³/mol. The summed E-state index contributed by atoms with van der Waals surface area (Å²) in [6, 6.07) is 21.8. The van der Waals surface area contributed by atoms with Crippen LogP contribution in [0.3, 0.4) is 0 Å². The van der Waals surface area contributed by atoms with E-state index >= 15 is 0 Å². The number of rotatable bonds is 11. The second-order valence-electron chi connectivity index (χ2n) is 12.6. The minimum atomic E-state index is -0.943. The zero-order chi connectivity index (χ0) is 33.6. The Hall–Kier alpha value is -5.03. The maximum absolute atomic E-state index is 14.1. The Kier molecular flexibility index (Phi) is 10.4. The van der Waals surface area contributed by atoms with Gasteiger partial charge in [-0.25, -0.2) is 9.78 Å². The molecule has 1 aliphatic rings. The van der Waals surface area contributed by atoms with Crippen molar-refractivity contribution < 1.29 is 28.7 Å². The molecule has 0 spiro atoms. The molecule has 2 N–H and O–H groups in total. The summed E-state index contributed by atoms with van der Waals surface area (Å²) in [5.74, 6) is -1.37. The van der Waals surface area contributed by atoms with Crippen molar-refractivity contribution >= 4 is 40.4 Å². The second kappa shape index (κ2) is 14.6. The monoisotopic (exact) mass is 639 g/mol. The van der Waals surface area contributed by atoms with Crippen molar-refractivity contribution in [1.29, 1.82) is 0 Å². The van der Waals surface area contributed by atoms with Crippen LogP contribution < -0.4 is 10.6 Å². The van der Waals surface area contributed by atoms with E-state index in [2.05, 4.69) is 15.6 Å². The Morgan fingerprint density at radius 3 is 2.36 bits per heavy atom. The molecular weight excluding hydrogens is 598 g/mol. The van der Waals surface area contributed by atoms with Gasteiger partial charge in [0, 0.05) is 17.6 Å². The molecule has 0 saturated carbocycles. The summed E-state index contributed by atoms with van der Waals surface area (Å²) >= 11 is 0. The zero-order valence-corrected chi connectivity index (χ0v) is 27.1. The van der Waals surface area contributed by atoms with Gasteiger partial charge in [0.05, 0.1) is 37.7 Å². The molecule has 3 atom stereocenters. The van der Waals surface area contributed by atoms with E-state index in [1.54, 1.807) is 54.8 Å². The molecule has 246 valence electrons. The molecule has 1 saturated heterocycles. The third kappa shape index (κ3) is 7.86. The second-order valence-corrected chi connectivity index (χ2v) is 12.6. The Balaban J connectivity index is 1.38. The Morgan fingerprint density at radius 2 is 1.68 bits per heavy atom. The van der Waals surface area contributed by atoms with Gasteiger partial charge in [0.15, 0.2) is 0 Å². The number of nitrogens with zero attached hydrogens (tertiary/aromatic N) is 3. The van der Waals surface area contributed by atoms with E-state index in [0.717, 1.165) is 11.1 Å². The molecule has 3 aromatic carbocycles. The molecule has 2 heterocycles. The molecular formula is C36H41N5O6. The average molecular weight is 640 g/mol. The summed E-state index contributed by atoms with van der Waals surface area (Å²) in [6.07, 6.45) is 2.84. The van der Waals surface area contributed by atoms with Crippen LogP contribution in [0.5, 0.6) is 0 Å². The van der Waals surface area contributed by atoms with Gasteiger partial charge < -0.3 is 29.6 Å². The van der Waals surface area contributed by atoms with Gasteiger partial charge in [0.2, 0.25) is 11.8 Å². The molecule has 0 aliphatic carbocycles. The highest BCUT2D eigenvalue weighted by Gasteiger charge is 2.39. The lowest BCUT2D eigenvalue weighted by Gasteiger charge is -2.28. The number of imidazole rings is 1. The number of carbonyl (C=O) groups excluding carboxylic acids is 4. The first-order valence-electron chi connectivity index (χ1n) is 15.7. The largest absolute Gasteiger partial charge is 0.467 e. The van der Waals surface area contributed by atoms with Gasteiger partial charge in [-0.2, -0.15) is 0 Å². The maximum Gasteiger partial charge on any atom is 0.328 e. The Bertz CT molecular complexity index is 1720. The van der Waals surface area contributed by atoms with Crippen molar-refractivity contribution in [1.82, 2.24) is 19.8 Å². The topological polar surface area (TPSA) is 132 Å². The fourth-order valence-electron chi connectivity index (χ4n) is 5.60. The van der Waals surface area contributed by atoms with Gasteiger partial charge in [-0.1, -0.05) is 81.4 Å². The van der Waals surface area contributed by atoms with Crippen LogP contribution in [0.25, 0.3) is 11.0 Å². The van der Waals surface area contributed by atoms with Crippen molar-refractivity contribution in [2.75, 3.05) is 25.6 Å². The lowest BCUT2D eigenvalue weighted by atomic mass is 9.95. The number of nitrogens with one attached hydrogen (secondary N) is 2. The number of esters is 1. The summed E-state index contributed by atoms with van der Waals surface area (Å²) in [5, 5.41) is 5.71. The number of fused-ring (bicyclic) bond motifs is 1. The number of likely N-dealkylation sites (tertiary alicyclic amines) is 1. The minimum Gasteiger partial charge on any atom is -0.467 e. The molecule has 0 bridgehead atoms. The molecule has 1 aliphatic heterocycles. The van der Waals surface area contributed by atoms with E-state index in [1.807, 2.05) is 60.7 Å². The van der Waals surface area contributed by atoms with E-state index in [-0.39, 0.29) is 18.4 Å². The van der Waals surface area contributed by atoms with Crippen molar-refractivity contribution in [2.24, 2.45) is 5.41 Å². The van der Waals surface area contributed by atoms with Crippen LogP contribution in [0.15, 0.2) is 85.2 Å². The summed E-state index contributed by atoms with van der Waals surface area (Å²) in [7, 11) is 1.33. The normalized spacial score (nSPS) is 16.0. The summed E-state index contributed by atoms with van der Waals surface area (Å²) in [6.45, 7) is 6.05. The molecule has 47 heavy (non-hydrogen) atoms. The van der Waals surface area contributed by atoms with Crippen LogP contribution in [-0.4, -0.2) is 70.5 Å². The summed E-state index contributed by atoms with van der Waals surface area (Å²) < 4.78 is 12.6. The van der Waals surface area contributed by atoms with Crippen LogP contribution in [-0.2, 0) is 35.3 Å². The molecule has 11 nitrogen and oxygen atoms in total. The number of hydrogen-bond donors (Lipinski definition) is 2. The van der Waals surface area contributed by atoms with Gasteiger partial charge in [0.1, 0.15) is 18.1 Å². The average Bonchev–Trinajstić information content (AvgIpc) is 3.72. The minimum absolute atomic E-state index is 0.0245. The Morgan fingerprint density at radius 1 is 0.979 bits per heavy atom. The fraction of sp³-hybridized carbons (Fsp3) is 0.361. The van der Waals surface area contributed by atoms with Crippen LogP contribution in [0.1, 0.15) is 50.8 Å². The highest BCUT2D eigenvalue weighted by molar-refractivity contribution is 5.99. The number of hydrogen-bond acceptors (Lipinski definition) is 7. The first-order valence-corrected chi connectivity index (χ1v) is 15.7. The van der Waals surface area contributed by atoms with Gasteiger partial charge in [0.25, 0.3) is 5.91 Å². The molecule has 1 aromatic heterocycles. The van der Waals surface area contributed by atoms with Gasteiger partial charge >= 0.3 is 5.97 Å². The molecule has 0 radical (unpaired) electrons. The van der Waals surface area contributed by atoms with Crippen LogP contribution in [0.4, 0.5) is 5.69 Å². The van der Waals surface area contributed by atoms with E-state index in [9.17, 15) is 19.2 Å². The SMILES string of the molecule is COC(=O)C1CCCN1C(=O)C(c1ccccc1)n1cnc2cc(NC(=O)C(COCc3ccccc3)NC(=O)C(C)(C)C)ccc21. The van der Waals surface area contributed by atoms with Crippen LogP contribution in [0.2, 0.25) is 0 Å². The predicted octanol–water partition coefficient (Wildman–Crippen LogP) is 4.48. The van der Waals surface area contributed by atoms with Crippen molar-refractivity contribution in [2.45, 2.75) is 58.3 Å². The Labute approximate surface area is 274 Å². The number of methoxy groups -OCH3 is 1. The number of benzene rings is 3. The zero-order valence-electron chi connectivity index (χ0n) is 27.1. The highest BCUT2D eigenvalue weighted by atomic mass is 16.5. The number of aromatic nitrogens is 2. The molecule has 11 heteroatoms. The van der Waals surface area contributed by atoms with E-state index in [4.69, 9.17) is 9.47 Å². The summed E-state index contributed by atoms with van der Waals surface area (Å²) in [5.41, 5.74) is 2.69. The molecule has 5 rings (SSSR count). The molecule has 4 aromatic rings. The van der Waals surface area contributed by atoms with E-state index < -0.39 is 35.4 Å². The first-order chi connectivity index (χ1) is 22.6. The van der Waals surface area contributed by atoms with E-state index in [0.29, 0.717) is 42.7 Å². The van der Waals surface area contributed by atoms with Gasteiger partial charge in [-0.05, 0) is 42.2 Å². The highest BCUT2D eigenvalue weighted by Crippen LogP contribution is 2.30. The van der Waals surface area contributed by atoms with Gasteiger partial charge in [-0.15, -0.1) is 0 Å². The van der Waals surface area contributed by atoms with E-state index in [1.165, 1.54) is 7.11 Å². The maximum atomic E-state index is 14.1. The number of anilines is 1. The number of ether oxygens (including phenoxy) is 2. The third-order valence-electron chi connectivity index (χ3n) is 8.18. The van der Waals surface area contributed by atoms with Gasteiger partial charge in [-0.3, -0.25) is 14.4 Å². The third-order valence-corrected chi connectivity index (χ3v) is 8.18. The lowest BCUT2D eigenvalue weighted by molar-refractivity contribution is -0.151. The number of amides is 3. The first kappa shape index (κ1) is 33.3.